The second kappa shape index (κ2) is 8.08. The minimum Gasteiger partial charge on any atom is -0.299 e. The molecule has 0 fully saturated rings. The number of nitrogens with zero attached hydrogens (tertiary/aromatic N) is 3. The Labute approximate surface area is 195 Å². The van der Waals surface area contributed by atoms with Crippen LogP contribution in [0.5, 0.6) is 0 Å². The highest BCUT2D eigenvalue weighted by atomic mass is 32.1. The summed E-state index contributed by atoms with van der Waals surface area (Å²) in [6, 6.07) is 13.1. The summed E-state index contributed by atoms with van der Waals surface area (Å²) >= 11 is 1.52. The van der Waals surface area contributed by atoms with Gasteiger partial charge in [0.25, 0.3) is 17.4 Å². The van der Waals surface area contributed by atoms with E-state index in [1.165, 1.54) is 27.4 Å². The molecule has 1 aliphatic rings. The zero-order valence-corrected chi connectivity index (χ0v) is 19.5. The number of imide groups is 1. The van der Waals surface area contributed by atoms with E-state index in [1.807, 2.05) is 6.92 Å². The summed E-state index contributed by atoms with van der Waals surface area (Å²) in [5.41, 5.74) is 5.12. The first kappa shape index (κ1) is 21.3. The molecule has 0 radical (unpaired) electrons. The van der Waals surface area contributed by atoms with Crippen molar-refractivity contribution in [3.63, 3.8) is 0 Å². The summed E-state index contributed by atoms with van der Waals surface area (Å²) in [6.07, 6.45) is 2.04. The third kappa shape index (κ3) is 3.49. The molecule has 2 aromatic carbocycles. The maximum Gasteiger partial charge on any atom is 0.262 e. The predicted molar refractivity (Wildman–Crippen MR) is 130 cm³/mol. The van der Waals surface area contributed by atoms with Crippen LogP contribution >= 0.6 is 11.3 Å². The van der Waals surface area contributed by atoms with Gasteiger partial charge in [-0.05, 0) is 56.0 Å². The molecule has 5 rings (SSSR count). The van der Waals surface area contributed by atoms with Crippen LogP contribution < -0.4 is 5.56 Å². The van der Waals surface area contributed by atoms with Gasteiger partial charge in [0.1, 0.15) is 4.83 Å². The molecule has 0 N–H and O–H groups in total. The SMILES string of the molecule is Cc1ccc(-c2c(C)sc3ncn(CCCN4C(=O)c5ccccc5C4=O)c(=O)c23)cc1C. The average Bonchev–Trinajstić information content (AvgIpc) is 3.27. The molecular weight excluding hydrogens is 434 g/mol. The molecule has 7 heteroatoms. The maximum atomic E-state index is 13.4. The van der Waals surface area contributed by atoms with Crippen molar-refractivity contribution < 1.29 is 9.59 Å². The van der Waals surface area contributed by atoms with Gasteiger partial charge in [0.15, 0.2) is 0 Å². The molecule has 0 atom stereocenters. The summed E-state index contributed by atoms with van der Waals surface area (Å²) in [6.45, 7) is 6.78. The van der Waals surface area contributed by atoms with E-state index in [4.69, 9.17) is 0 Å². The largest absolute Gasteiger partial charge is 0.299 e. The topological polar surface area (TPSA) is 72.3 Å². The Balaban J connectivity index is 1.42. The van der Waals surface area contributed by atoms with Crippen molar-refractivity contribution in [1.29, 1.82) is 0 Å². The van der Waals surface area contributed by atoms with Crippen LogP contribution in [-0.4, -0.2) is 32.8 Å². The van der Waals surface area contributed by atoms with Gasteiger partial charge < -0.3 is 0 Å². The third-order valence-corrected chi connectivity index (χ3v) is 7.32. The molecule has 33 heavy (non-hydrogen) atoms. The molecule has 0 saturated carbocycles. The summed E-state index contributed by atoms with van der Waals surface area (Å²) in [7, 11) is 0. The fourth-order valence-corrected chi connectivity index (χ4v) is 5.39. The van der Waals surface area contributed by atoms with Gasteiger partial charge in [-0.1, -0.05) is 30.3 Å². The average molecular weight is 458 g/mol. The Hall–Kier alpha value is -3.58. The van der Waals surface area contributed by atoms with Crippen LogP contribution in [0.2, 0.25) is 0 Å². The predicted octanol–water partition coefficient (Wildman–Crippen LogP) is 4.74. The van der Waals surface area contributed by atoms with E-state index in [0.717, 1.165) is 20.8 Å². The molecule has 2 amide bonds. The molecule has 166 valence electrons. The van der Waals surface area contributed by atoms with Crippen molar-refractivity contribution in [2.75, 3.05) is 6.54 Å². The molecule has 0 saturated heterocycles. The fraction of sp³-hybridized carbons (Fsp3) is 0.231. The number of hydrogen-bond donors (Lipinski definition) is 0. The number of hydrogen-bond acceptors (Lipinski definition) is 5. The van der Waals surface area contributed by atoms with E-state index in [-0.39, 0.29) is 23.9 Å². The lowest BCUT2D eigenvalue weighted by atomic mass is 9.99. The molecule has 0 spiro atoms. The quantitative estimate of drug-likeness (QED) is 0.406. The van der Waals surface area contributed by atoms with Gasteiger partial charge in [-0.15, -0.1) is 11.3 Å². The first-order chi connectivity index (χ1) is 15.9. The van der Waals surface area contributed by atoms with Crippen LogP contribution in [0.4, 0.5) is 0 Å². The van der Waals surface area contributed by atoms with Gasteiger partial charge in [0, 0.05) is 23.5 Å². The summed E-state index contributed by atoms with van der Waals surface area (Å²) in [5.74, 6) is -0.552. The van der Waals surface area contributed by atoms with E-state index in [1.54, 1.807) is 35.2 Å². The highest BCUT2D eigenvalue weighted by molar-refractivity contribution is 7.19. The van der Waals surface area contributed by atoms with E-state index in [9.17, 15) is 14.4 Å². The van der Waals surface area contributed by atoms with Crippen molar-refractivity contribution >= 4 is 33.4 Å². The number of rotatable bonds is 5. The Bertz CT molecular complexity index is 1460. The Morgan fingerprint density at radius 3 is 2.24 bits per heavy atom. The zero-order valence-electron chi connectivity index (χ0n) is 18.7. The maximum absolute atomic E-state index is 13.4. The molecule has 4 aromatic rings. The number of aryl methyl sites for hydroxylation is 4. The molecule has 2 aromatic heterocycles. The van der Waals surface area contributed by atoms with Crippen LogP contribution in [-0.2, 0) is 6.54 Å². The smallest absolute Gasteiger partial charge is 0.262 e. The number of aromatic nitrogens is 2. The Morgan fingerprint density at radius 1 is 0.879 bits per heavy atom. The number of carbonyl (C=O) groups excluding carboxylic acids is 2. The van der Waals surface area contributed by atoms with Crippen LogP contribution in [0.25, 0.3) is 21.3 Å². The first-order valence-electron chi connectivity index (χ1n) is 10.9. The van der Waals surface area contributed by atoms with Gasteiger partial charge in [-0.25, -0.2) is 4.98 Å². The molecule has 6 nitrogen and oxygen atoms in total. The summed E-state index contributed by atoms with van der Waals surface area (Å²) in [5, 5.41) is 0.629. The Kier molecular flexibility index (Phi) is 5.21. The molecule has 0 unspecified atom stereocenters. The standard InChI is InChI=1S/C26H23N3O3S/c1-15-9-10-18(13-16(15)2)21-17(3)33-23-22(21)26(32)28(14-27-23)11-6-12-29-24(30)19-7-4-5-8-20(19)25(29)31/h4-5,7-10,13-14H,6,11-12H2,1-3H3. The number of amides is 2. The lowest BCUT2D eigenvalue weighted by molar-refractivity contribution is 0.0650. The Morgan fingerprint density at radius 2 is 1.58 bits per heavy atom. The van der Waals surface area contributed by atoms with Gasteiger partial charge in [0.05, 0.1) is 22.8 Å². The molecule has 1 aliphatic heterocycles. The van der Waals surface area contributed by atoms with Crippen LogP contribution in [0, 0.1) is 20.8 Å². The van der Waals surface area contributed by atoms with Gasteiger partial charge in [0.2, 0.25) is 0 Å². The highest BCUT2D eigenvalue weighted by Crippen LogP contribution is 2.36. The fourth-order valence-electron chi connectivity index (χ4n) is 4.38. The van der Waals surface area contributed by atoms with E-state index >= 15 is 0 Å². The lowest BCUT2D eigenvalue weighted by Gasteiger charge is -2.14. The summed E-state index contributed by atoms with van der Waals surface area (Å²) < 4.78 is 1.58. The number of fused-ring (bicyclic) bond motifs is 2. The third-order valence-electron chi connectivity index (χ3n) is 6.31. The second-order valence-electron chi connectivity index (χ2n) is 8.42. The van der Waals surface area contributed by atoms with Crippen LogP contribution in [0.3, 0.4) is 0 Å². The number of thiophene rings is 1. The van der Waals surface area contributed by atoms with Gasteiger partial charge in [-0.3, -0.25) is 23.9 Å². The van der Waals surface area contributed by atoms with Crippen LogP contribution in [0.15, 0.2) is 53.6 Å². The monoisotopic (exact) mass is 457 g/mol. The number of benzene rings is 2. The lowest BCUT2D eigenvalue weighted by Crippen LogP contribution is -2.32. The molecule has 0 aliphatic carbocycles. The zero-order chi connectivity index (χ0) is 23.3. The van der Waals surface area contributed by atoms with Gasteiger partial charge in [-0.2, -0.15) is 0 Å². The van der Waals surface area contributed by atoms with Gasteiger partial charge >= 0.3 is 0 Å². The molecule has 3 heterocycles. The van der Waals surface area contributed by atoms with E-state index < -0.39 is 0 Å². The van der Waals surface area contributed by atoms with Crippen molar-refractivity contribution in [2.45, 2.75) is 33.7 Å². The van der Waals surface area contributed by atoms with Crippen molar-refractivity contribution in [1.82, 2.24) is 14.5 Å². The minimum absolute atomic E-state index is 0.0973. The van der Waals surface area contributed by atoms with E-state index in [0.29, 0.717) is 29.5 Å². The highest BCUT2D eigenvalue weighted by Gasteiger charge is 2.34. The van der Waals surface area contributed by atoms with Crippen molar-refractivity contribution in [2.24, 2.45) is 0 Å². The first-order valence-corrected chi connectivity index (χ1v) is 11.7. The molecule has 0 bridgehead atoms. The minimum atomic E-state index is -0.276. The van der Waals surface area contributed by atoms with Crippen LogP contribution in [0.1, 0.15) is 43.1 Å². The number of carbonyl (C=O) groups is 2. The van der Waals surface area contributed by atoms with Crippen molar-refractivity contribution in [3.8, 4) is 11.1 Å². The molecular formula is C26H23N3O3S. The van der Waals surface area contributed by atoms with Crippen molar-refractivity contribution in [3.05, 3.63) is 86.3 Å². The summed E-state index contributed by atoms with van der Waals surface area (Å²) in [4.78, 5) is 46.1. The normalized spacial score (nSPS) is 13.2. The second-order valence-corrected chi connectivity index (χ2v) is 9.62. The van der Waals surface area contributed by atoms with E-state index in [2.05, 4.69) is 37.0 Å².